The van der Waals surface area contributed by atoms with E-state index < -0.39 is 35.4 Å². The van der Waals surface area contributed by atoms with Crippen LogP contribution in [0.15, 0.2) is 48.5 Å². The lowest BCUT2D eigenvalue weighted by molar-refractivity contribution is -0.144. The summed E-state index contributed by atoms with van der Waals surface area (Å²) < 4.78 is 77.0. The molecule has 1 fully saturated rings. The highest BCUT2D eigenvalue weighted by molar-refractivity contribution is 5.70. The summed E-state index contributed by atoms with van der Waals surface area (Å²) in [7, 11) is 0. The smallest absolute Gasteiger partial charge is 0.416 e. The van der Waals surface area contributed by atoms with Gasteiger partial charge in [-0.2, -0.15) is 26.3 Å². The lowest BCUT2D eigenvalue weighted by Crippen LogP contribution is -2.42. The molecule has 2 aromatic carbocycles. The van der Waals surface area contributed by atoms with E-state index in [2.05, 4.69) is 0 Å². The van der Waals surface area contributed by atoms with Gasteiger partial charge < -0.3 is 5.11 Å². The van der Waals surface area contributed by atoms with Crippen LogP contribution in [0.25, 0.3) is 0 Å². The zero-order chi connectivity index (χ0) is 23.7. The molecule has 0 amide bonds. The van der Waals surface area contributed by atoms with Gasteiger partial charge in [0.05, 0.1) is 17.0 Å². The molecule has 1 heterocycles. The second-order valence-electron chi connectivity index (χ2n) is 8.33. The molecule has 3 rings (SSSR count). The van der Waals surface area contributed by atoms with Crippen molar-refractivity contribution in [2.75, 3.05) is 13.1 Å². The number of carbonyl (C=O) groups is 1. The third-order valence-corrected chi connectivity index (χ3v) is 6.05. The van der Waals surface area contributed by atoms with Crippen LogP contribution in [-0.4, -0.2) is 29.1 Å². The predicted octanol–water partition coefficient (Wildman–Crippen LogP) is 6.05. The molecule has 1 N–H and O–H groups in total. The molecular formula is C23H23F6NO2. The Balaban J connectivity index is 1.80. The molecule has 1 aliphatic rings. The van der Waals surface area contributed by atoms with Crippen LogP contribution in [-0.2, 0) is 23.7 Å². The van der Waals surface area contributed by atoms with Crippen LogP contribution in [0.5, 0.6) is 0 Å². The number of hydrogen-bond donors (Lipinski definition) is 1. The highest BCUT2D eigenvalue weighted by Crippen LogP contribution is 2.37. The normalized spacial score (nSPS) is 21.3. The molecule has 1 saturated heterocycles. The largest absolute Gasteiger partial charge is 0.481 e. The van der Waals surface area contributed by atoms with Crippen molar-refractivity contribution < 1.29 is 36.2 Å². The first-order valence-corrected chi connectivity index (χ1v) is 10.1. The number of carboxylic acids is 1. The number of piperidine rings is 1. The van der Waals surface area contributed by atoms with Crippen molar-refractivity contribution >= 4 is 5.97 Å². The molecular weight excluding hydrogens is 436 g/mol. The van der Waals surface area contributed by atoms with E-state index in [1.54, 1.807) is 6.92 Å². The third-order valence-electron chi connectivity index (χ3n) is 6.05. The number of halogens is 6. The van der Waals surface area contributed by atoms with Crippen LogP contribution < -0.4 is 0 Å². The van der Waals surface area contributed by atoms with Gasteiger partial charge >= 0.3 is 18.3 Å². The van der Waals surface area contributed by atoms with E-state index in [1.165, 1.54) is 24.3 Å². The van der Waals surface area contributed by atoms with E-state index in [0.717, 1.165) is 24.3 Å². The van der Waals surface area contributed by atoms with Gasteiger partial charge in [0, 0.05) is 19.6 Å². The van der Waals surface area contributed by atoms with Crippen molar-refractivity contribution in [1.29, 1.82) is 0 Å². The molecule has 174 valence electrons. The number of nitrogens with zero attached hydrogens (tertiary/aromatic N) is 1. The Labute approximate surface area is 181 Å². The monoisotopic (exact) mass is 459 g/mol. The highest BCUT2D eigenvalue weighted by Gasteiger charge is 2.35. The fourth-order valence-corrected chi connectivity index (χ4v) is 4.17. The molecule has 9 heteroatoms. The standard InChI is InChI=1S/C23H23F6NO2/c1-14(21(31)32)17-10-18(16-4-8-20(9-5-16)23(27,28)29)13-30(12-17)11-15-2-6-19(7-3-15)22(24,25)26/h2-9,14,17-18H,10-13H2,1H3,(H,31,32)/t14?,17-,18-/m1/s1. The third kappa shape index (κ3) is 5.82. The van der Waals surface area contributed by atoms with Gasteiger partial charge in [0.25, 0.3) is 0 Å². The van der Waals surface area contributed by atoms with E-state index in [1.807, 2.05) is 4.90 Å². The van der Waals surface area contributed by atoms with Gasteiger partial charge in [0.15, 0.2) is 0 Å². The molecule has 0 aromatic heterocycles. The van der Waals surface area contributed by atoms with Gasteiger partial charge in [-0.25, -0.2) is 0 Å². The zero-order valence-corrected chi connectivity index (χ0v) is 17.2. The highest BCUT2D eigenvalue weighted by atomic mass is 19.4. The van der Waals surface area contributed by atoms with Gasteiger partial charge in [-0.05, 0) is 53.6 Å². The number of carboxylic acid groups (broad SMARTS) is 1. The van der Waals surface area contributed by atoms with E-state index in [4.69, 9.17) is 0 Å². The minimum Gasteiger partial charge on any atom is -0.481 e. The van der Waals surface area contributed by atoms with E-state index in [9.17, 15) is 36.2 Å². The number of rotatable bonds is 5. The van der Waals surface area contributed by atoms with E-state index >= 15 is 0 Å². The molecule has 32 heavy (non-hydrogen) atoms. The Morgan fingerprint density at radius 2 is 1.44 bits per heavy atom. The van der Waals surface area contributed by atoms with Crippen LogP contribution in [0.4, 0.5) is 26.3 Å². The average molecular weight is 459 g/mol. The van der Waals surface area contributed by atoms with Crippen molar-refractivity contribution in [2.24, 2.45) is 11.8 Å². The molecule has 0 radical (unpaired) electrons. The van der Waals surface area contributed by atoms with Crippen LogP contribution in [0, 0.1) is 11.8 Å². The fraction of sp³-hybridized carbons (Fsp3) is 0.435. The molecule has 3 nitrogen and oxygen atoms in total. The molecule has 2 aromatic rings. The summed E-state index contributed by atoms with van der Waals surface area (Å²) in [4.78, 5) is 13.5. The maximum atomic E-state index is 12.9. The lowest BCUT2D eigenvalue weighted by atomic mass is 9.78. The van der Waals surface area contributed by atoms with Crippen molar-refractivity contribution in [3.05, 3.63) is 70.8 Å². The van der Waals surface area contributed by atoms with Crippen molar-refractivity contribution in [3.63, 3.8) is 0 Å². The topological polar surface area (TPSA) is 40.5 Å². The second kappa shape index (κ2) is 9.13. The summed E-state index contributed by atoms with van der Waals surface area (Å²) in [5, 5.41) is 9.45. The average Bonchev–Trinajstić information content (AvgIpc) is 2.72. The maximum Gasteiger partial charge on any atom is 0.416 e. The molecule has 1 unspecified atom stereocenters. The van der Waals surface area contributed by atoms with Crippen LogP contribution in [0.3, 0.4) is 0 Å². The first-order valence-electron chi connectivity index (χ1n) is 10.1. The predicted molar refractivity (Wildman–Crippen MR) is 106 cm³/mol. The molecule has 1 aliphatic heterocycles. The number of benzene rings is 2. The zero-order valence-electron chi connectivity index (χ0n) is 17.2. The van der Waals surface area contributed by atoms with Gasteiger partial charge in [0.1, 0.15) is 0 Å². The molecule has 0 saturated carbocycles. The number of alkyl halides is 6. The Morgan fingerprint density at radius 3 is 1.91 bits per heavy atom. The second-order valence-corrected chi connectivity index (χ2v) is 8.33. The first kappa shape index (κ1) is 24.1. The maximum absolute atomic E-state index is 12.9. The molecule has 0 spiro atoms. The fourth-order valence-electron chi connectivity index (χ4n) is 4.17. The first-order chi connectivity index (χ1) is 14.8. The lowest BCUT2D eigenvalue weighted by Gasteiger charge is -2.39. The van der Waals surface area contributed by atoms with Crippen LogP contribution in [0.1, 0.15) is 41.5 Å². The quantitative estimate of drug-likeness (QED) is 0.554. The Hall–Kier alpha value is -2.55. The van der Waals surface area contributed by atoms with Crippen molar-refractivity contribution in [3.8, 4) is 0 Å². The summed E-state index contributed by atoms with van der Waals surface area (Å²) in [6.07, 6.45) is -8.37. The van der Waals surface area contributed by atoms with Gasteiger partial charge in [-0.15, -0.1) is 0 Å². The number of likely N-dealkylation sites (tertiary alicyclic amines) is 1. The Bertz CT molecular complexity index is 921. The Kier molecular flexibility index (Phi) is 6.88. The Morgan fingerprint density at radius 1 is 0.938 bits per heavy atom. The summed E-state index contributed by atoms with van der Waals surface area (Å²) in [6.45, 7) is 2.82. The van der Waals surface area contributed by atoms with Gasteiger partial charge in [-0.3, -0.25) is 9.69 Å². The van der Waals surface area contributed by atoms with Crippen molar-refractivity contribution in [2.45, 2.75) is 38.2 Å². The molecule has 0 aliphatic carbocycles. The van der Waals surface area contributed by atoms with E-state index in [-0.39, 0.29) is 11.8 Å². The van der Waals surface area contributed by atoms with Crippen molar-refractivity contribution in [1.82, 2.24) is 4.90 Å². The molecule has 3 atom stereocenters. The van der Waals surface area contributed by atoms with Gasteiger partial charge in [0.2, 0.25) is 0 Å². The summed E-state index contributed by atoms with van der Waals surface area (Å²) in [5.41, 5.74) is -0.181. The number of aliphatic carboxylic acids is 1. The summed E-state index contributed by atoms with van der Waals surface area (Å²) >= 11 is 0. The summed E-state index contributed by atoms with van der Waals surface area (Å²) in [5.74, 6) is -2.06. The minimum absolute atomic E-state index is 0.188. The number of hydrogen-bond acceptors (Lipinski definition) is 2. The van der Waals surface area contributed by atoms with Crippen LogP contribution >= 0.6 is 0 Å². The van der Waals surface area contributed by atoms with Crippen LogP contribution in [0.2, 0.25) is 0 Å². The van der Waals surface area contributed by atoms with Gasteiger partial charge in [-0.1, -0.05) is 31.2 Å². The van der Waals surface area contributed by atoms with E-state index in [0.29, 0.717) is 37.2 Å². The SMILES string of the molecule is CC(C(=O)O)[C@@H]1C[C@@H](c2ccc(C(F)(F)F)cc2)CN(Cc2ccc(C(F)(F)F)cc2)C1. The molecule has 0 bridgehead atoms. The summed E-state index contributed by atoms with van der Waals surface area (Å²) in [6, 6.07) is 9.64. The minimum atomic E-state index is -4.44.